The smallest absolute Gasteiger partial charge is 0.251 e. The van der Waals surface area contributed by atoms with E-state index in [0.29, 0.717) is 24.6 Å². The Kier molecular flexibility index (Phi) is 7.00. The van der Waals surface area contributed by atoms with Gasteiger partial charge in [-0.15, -0.1) is 0 Å². The fourth-order valence-corrected chi connectivity index (χ4v) is 2.94. The molecule has 29 heavy (non-hydrogen) atoms. The number of benzene rings is 2. The molecule has 7 heteroatoms. The van der Waals surface area contributed by atoms with Crippen LogP contribution in [0.3, 0.4) is 0 Å². The highest BCUT2D eigenvalue weighted by molar-refractivity contribution is 5.94. The van der Waals surface area contributed by atoms with Crippen LogP contribution in [0.5, 0.6) is 0 Å². The van der Waals surface area contributed by atoms with Gasteiger partial charge in [-0.25, -0.2) is 4.98 Å². The van der Waals surface area contributed by atoms with Gasteiger partial charge >= 0.3 is 0 Å². The lowest BCUT2D eigenvalue weighted by atomic mass is 10.1. The molecule has 0 unspecified atom stereocenters. The summed E-state index contributed by atoms with van der Waals surface area (Å²) < 4.78 is 0. The van der Waals surface area contributed by atoms with E-state index in [1.54, 1.807) is 14.1 Å². The number of aromatic amines is 1. The summed E-state index contributed by atoms with van der Waals surface area (Å²) in [4.78, 5) is 23.7. The summed E-state index contributed by atoms with van der Waals surface area (Å²) in [5.41, 5.74) is 3.85. The van der Waals surface area contributed by atoms with Gasteiger partial charge in [-0.05, 0) is 29.7 Å². The molecule has 1 amide bonds. The van der Waals surface area contributed by atoms with Crippen molar-refractivity contribution in [3.05, 3.63) is 77.7 Å². The fourth-order valence-electron chi connectivity index (χ4n) is 2.94. The Hall–Kier alpha value is -3.61. The summed E-state index contributed by atoms with van der Waals surface area (Å²) in [6, 6.07) is 17.7. The maximum atomic E-state index is 11.7. The number of imidazole rings is 1. The summed E-state index contributed by atoms with van der Waals surface area (Å²) in [5.74, 6) is 1.46. The third kappa shape index (κ3) is 5.68. The number of carbonyl (C=O) groups is 1. The molecule has 150 valence electrons. The number of nitrogens with zero attached hydrogens (tertiary/aromatic N) is 2. The van der Waals surface area contributed by atoms with Gasteiger partial charge in [0.1, 0.15) is 5.82 Å². The van der Waals surface area contributed by atoms with Crippen molar-refractivity contribution in [2.45, 2.75) is 13.0 Å². The maximum absolute atomic E-state index is 11.7. The molecule has 0 radical (unpaired) electrons. The minimum absolute atomic E-state index is 0.0781. The molecule has 7 nitrogen and oxygen atoms in total. The van der Waals surface area contributed by atoms with Crippen LogP contribution in [0.25, 0.3) is 11.3 Å². The van der Waals surface area contributed by atoms with Crippen LogP contribution >= 0.6 is 0 Å². The monoisotopic (exact) mass is 390 g/mol. The third-order valence-corrected chi connectivity index (χ3v) is 4.48. The first-order chi connectivity index (χ1) is 14.2. The predicted molar refractivity (Wildman–Crippen MR) is 116 cm³/mol. The normalized spacial score (nSPS) is 11.2. The van der Waals surface area contributed by atoms with Gasteiger partial charge in [-0.3, -0.25) is 9.79 Å². The SMILES string of the molecule is CN=C(NCCc1cccc(C(=O)NC)c1)NCc1ncc(-c2ccccc2)[nH]1. The molecule has 3 aromatic rings. The van der Waals surface area contributed by atoms with Crippen molar-refractivity contribution in [1.29, 1.82) is 0 Å². The van der Waals surface area contributed by atoms with Crippen molar-refractivity contribution < 1.29 is 4.79 Å². The van der Waals surface area contributed by atoms with Gasteiger partial charge in [0.25, 0.3) is 5.91 Å². The Morgan fingerprint density at radius 3 is 2.69 bits per heavy atom. The molecule has 0 saturated carbocycles. The van der Waals surface area contributed by atoms with Gasteiger partial charge in [0.2, 0.25) is 0 Å². The van der Waals surface area contributed by atoms with Crippen LogP contribution in [0.15, 0.2) is 65.8 Å². The molecular formula is C22H26N6O. The zero-order valence-corrected chi connectivity index (χ0v) is 16.7. The molecule has 4 N–H and O–H groups in total. The number of guanidine groups is 1. The Labute approximate surface area is 170 Å². The van der Waals surface area contributed by atoms with E-state index in [1.165, 1.54) is 0 Å². The summed E-state index contributed by atoms with van der Waals surface area (Å²) in [7, 11) is 3.37. The summed E-state index contributed by atoms with van der Waals surface area (Å²) >= 11 is 0. The van der Waals surface area contributed by atoms with Gasteiger partial charge < -0.3 is 20.9 Å². The van der Waals surface area contributed by atoms with Crippen molar-refractivity contribution in [1.82, 2.24) is 25.9 Å². The number of aromatic nitrogens is 2. The van der Waals surface area contributed by atoms with Crippen LogP contribution in [0, 0.1) is 0 Å². The van der Waals surface area contributed by atoms with Crippen LogP contribution in [0.1, 0.15) is 21.7 Å². The first-order valence-corrected chi connectivity index (χ1v) is 9.54. The van der Waals surface area contributed by atoms with Crippen molar-refractivity contribution in [2.24, 2.45) is 4.99 Å². The lowest BCUT2D eigenvalue weighted by molar-refractivity contribution is 0.0963. The Balaban J connectivity index is 1.48. The van der Waals surface area contributed by atoms with E-state index in [9.17, 15) is 4.79 Å². The van der Waals surface area contributed by atoms with Crippen LogP contribution in [0.4, 0.5) is 0 Å². The predicted octanol–water partition coefficient (Wildman–Crippen LogP) is 2.34. The van der Waals surface area contributed by atoms with E-state index in [2.05, 4.69) is 30.9 Å². The topological polar surface area (TPSA) is 94.2 Å². The van der Waals surface area contributed by atoms with Gasteiger partial charge in [0.15, 0.2) is 5.96 Å². The van der Waals surface area contributed by atoms with Gasteiger partial charge in [0.05, 0.1) is 18.4 Å². The van der Waals surface area contributed by atoms with Gasteiger partial charge in [0, 0.05) is 26.2 Å². The van der Waals surface area contributed by atoms with Crippen molar-refractivity contribution >= 4 is 11.9 Å². The number of nitrogens with one attached hydrogen (secondary N) is 4. The minimum Gasteiger partial charge on any atom is -0.356 e. The molecule has 0 atom stereocenters. The van der Waals surface area contributed by atoms with Crippen LogP contribution < -0.4 is 16.0 Å². The summed E-state index contributed by atoms with van der Waals surface area (Å²) in [5, 5.41) is 9.19. The molecule has 2 aromatic carbocycles. The zero-order chi connectivity index (χ0) is 20.5. The van der Waals surface area contributed by atoms with Gasteiger partial charge in [-0.1, -0.05) is 42.5 Å². The lowest BCUT2D eigenvalue weighted by Crippen LogP contribution is -2.38. The van der Waals surface area contributed by atoms with Crippen molar-refractivity contribution in [2.75, 3.05) is 20.6 Å². The molecule has 0 aliphatic heterocycles. The molecule has 0 bridgehead atoms. The number of hydrogen-bond acceptors (Lipinski definition) is 3. The van der Waals surface area contributed by atoms with E-state index in [-0.39, 0.29) is 5.91 Å². The number of rotatable bonds is 7. The van der Waals surface area contributed by atoms with Crippen LogP contribution in [-0.4, -0.2) is 42.5 Å². The highest BCUT2D eigenvalue weighted by atomic mass is 16.1. The molecule has 1 heterocycles. The molecule has 0 spiro atoms. The third-order valence-electron chi connectivity index (χ3n) is 4.48. The molecule has 0 saturated heterocycles. The minimum atomic E-state index is -0.0781. The molecule has 3 rings (SSSR count). The highest BCUT2D eigenvalue weighted by Gasteiger charge is 2.06. The zero-order valence-electron chi connectivity index (χ0n) is 16.7. The number of carbonyl (C=O) groups excluding carboxylic acids is 1. The fraction of sp³-hybridized carbons (Fsp3) is 0.227. The first kappa shape index (κ1) is 20.1. The Morgan fingerprint density at radius 2 is 1.93 bits per heavy atom. The number of hydrogen-bond donors (Lipinski definition) is 4. The van der Waals surface area contributed by atoms with E-state index in [1.807, 2.05) is 60.8 Å². The average molecular weight is 390 g/mol. The summed E-state index contributed by atoms with van der Waals surface area (Å²) in [6.45, 7) is 1.24. The second kappa shape index (κ2) is 10.1. The van der Waals surface area contributed by atoms with E-state index >= 15 is 0 Å². The molecular weight excluding hydrogens is 364 g/mol. The highest BCUT2D eigenvalue weighted by Crippen LogP contribution is 2.15. The maximum Gasteiger partial charge on any atom is 0.251 e. The van der Waals surface area contributed by atoms with Crippen LogP contribution in [-0.2, 0) is 13.0 Å². The van der Waals surface area contributed by atoms with Crippen molar-refractivity contribution in [3.63, 3.8) is 0 Å². The quantitative estimate of drug-likeness (QED) is 0.368. The van der Waals surface area contributed by atoms with E-state index in [4.69, 9.17) is 0 Å². The molecule has 0 aliphatic carbocycles. The Bertz CT molecular complexity index is 964. The number of aliphatic imine (C=N–C) groups is 1. The number of H-pyrrole nitrogens is 1. The first-order valence-electron chi connectivity index (χ1n) is 9.54. The lowest BCUT2D eigenvalue weighted by Gasteiger charge is -2.11. The van der Waals surface area contributed by atoms with Crippen LogP contribution in [0.2, 0.25) is 0 Å². The van der Waals surface area contributed by atoms with E-state index < -0.39 is 0 Å². The second-order valence-corrected chi connectivity index (χ2v) is 6.49. The standard InChI is InChI=1S/C22H26N6O/c1-23-21(29)18-10-6-7-16(13-18)11-12-25-22(24-2)27-15-20-26-14-19(28-20)17-8-4-3-5-9-17/h3-10,13-14H,11-12,15H2,1-2H3,(H,23,29)(H,26,28)(H2,24,25,27). The van der Waals surface area contributed by atoms with Crippen molar-refractivity contribution in [3.8, 4) is 11.3 Å². The molecule has 1 aromatic heterocycles. The average Bonchev–Trinajstić information content (AvgIpc) is 3.25. The molecule has 0 fully saturated rings. The van der Waals surface area contributed by atoms with E-state index in [0.717, 1.165) is 29.1 Å². The second-order valence-electron chi connectivity index (χ2n) is 6.49. The summed E-state index contributed by atoms with van der Waals surface area (Å²) in [6.07, 6.45) is 2.62. The largest absolute Gasteiger partial charge is 0.356 e. The van der Waals surface area contributed by atoms with Gasteiger partial charge in [-0.2, -0.15) is 0 Å². The molecule has 0 aliphatic rings. The number of amides is 1. The Morgan fingerprint density at radius 1 is 1.10 bits per heavy atom.